The van der Waals surface area contributed by atoms with Crippen molar-refractivity contribution >= 4 is 28.4 Å². The van der Waals surface area contributed by atoms with E-state index in [-0.39, 0.29) is 17.4 Å². The maximum absolute atomic E-state index is 11.5. The van der Waals surface area contributed by atoms with E-state index in [0.29, 0.717) is 41.5 Å². The molecule has 10 heteroatoms. The van der Waals surface area contributed by atoms with E-state index in [9.17, 15) is 10.1 Å². The number of nitro benzene ring substituents is 1. The molecule has 5 rings (SSSR count). The molecule has 0 radical (unpaired) electrons. The first-order chi connectivity index (χ1) is 17.0. The molecule has 2 aromatic carbocycles. The van der Waals surface area contributed by atoms with Gasteiger partial charge in [0, 0.05) is 37.6 Å². The average Bonchev–Trinajstić information content (AvgIpc) is 3.31. The van der Waals surface area contributed by atoms with Crippen LogP contribution in [0.15, 0.2) is 36.4 Å². The Hall–Kier alpha value is -3.66. The fraction of sp³-hybridized carbons (Fsp3) is 0.440. The highest BCUT2D eigenvalue weighted by molar-refractivity contribution is 5.90. The van der Waals surface area contributed by atoms with Crippen LogP contribution in [0.4, 0.5) is 17.5 Å². The number of hydrogen-bond acceptors (Lipinski definition) is 9. The van der Waals surface area contributed by atoms with Crippen molar-refractivity contribution in [2.75, 3.05) is 37.6 Å². The fourth-order valence-electron chi connectivity index (χ4n) is 4.85. The smallest absolute Gasteiger partial charge is 0.277 e. The van der Waals surface area contributed by atoms with Crippen LogP contribution in [0.25, 0.3) is 10.9 Å². The Morgan fingerprint density at radius 3 is 2.57 bits per heavy atom. The highest BCUT2D eigenvalue weighted by Crippen LogP contribution is 2.38. The summed E-state index contributed by atoms with van der Waals surface area (Å²) in [6, 6.07) is 11.6. The lowest BCUT2D eigenvalue weighted by atomic mass is 9.86. The summed E-state index contributed by atoms with van der Waals surface area (Å²) in [6.07, 6.45) is 4.21. The summed E-state index contributed by atoms with van der Waals surface area (Å²) in [5, 5.41) is 19.5. The van der Waals surface area contributed by atoms with Crippen LogP contribution in [0.5, 0.6) is 11.5 Å². The zero-order chi connectivity index (χ0) is 24.4. The highest BCUT2D eigenvalue weighted by Gasteiger charge is 2.25. The van der Waals surface area contributed by atoms with Crippen molar-refractivity contribution in [1.29, 1.82) is 0 Å². The third-order valence-electron chi connectivity index (χ3n) is 6.71. The number of anilines is 2. The molecule has 35 heavy (non-hydrogen) atoms. The molecule has 0 atom stereocenters. The third-order valence-corrected chi connectivity index (χ3v) is 6.71. The SMILES string of the molecule is CN(C)c1nc(N[C@H]2CC[C@@H](CNCc3cc4c(cc3[N+](=O)[O-])OCO4)CC2)nc2ccccc12. The molecule has 2 aliphatic rings. The summed E-state index contributed by atoms with van der Waals surface area (Å²) < 4.78 is 10.7. The van der Waals surface area contributed by atoms with Gasteiger partial charge in [-0.05, 0) is 56.3 Å². The first-order valence-corrected chi connectivity index (χ1v) is 12.0. The molecular weight excluding hydrogens is 448 g/mol. The van der Waals surface area contributed by atoms with Crippen LogP contribution in [0.3, 0.4) is 0 Å². The second kappa shape index (κ2) is 9.91. The fourth-order valence-corrected chi connectivity index (χ4v) is 4.85. The number of nitrogens with zero attached hydrogens (tertiary/aromatic N) is 4. The van der Waals surface area contributed by atoms with Crippen molar-refractivity contribution < 1.29 is 14.4 Å². The van der Waals surface area contributed by atoms with Gasteiger partial charge < -0.3 is 25.0 Å². The number of aromatic nitrogens is 2. The number of nitro groups is 1. The summed E-state index contributed by atoms with van der Waals surface area (Å²) in [7, 11) is 3.99. The number of ether oxygens (including phenoxy) is 2. The topological polar surface area (TPSA) is 115 Å². The predicted molar refractivity (Wildman–Crippen MR) is 134 cm³/mol. The molecule has 0 spiro atoms. The quantitative estimate of drug-likeness (QED) is 0.365. The summed E-state index contributed by atoms with van der Waals surface area (Å²) >= 11 is 0. The van der Waals surface area contributed by atoms with Crippen molar-refractivity contribution in [3.8, 4) is 11.5 Å². The van der Waals surface area contributed by atoms with E-state index in [0.717, 1.165) is 48.9 Å². The minimum absolute atomic E-state index is 0.0575. The van der Waals surface area contributed by atoms with E-state index in [1.807, 2.05) is 43.3 Å². The van der Waals surface area contributed by atoms with Crippen molar-refractivity contribution in [2.24, 2.45) is 5.92 Å². The molecule has 1 saturated carbocycles. The van der Waals surface area contributed by atoms with Crippen LogP contribution in [0.2, 0.25) is 0 Å². The lowest BCUT2D eigenvalue weighted by Gasteiger charge is -2.29. The molecule has 10 nitrogen and oxygen atoms in total. The Labute approximate surface area is 203 Å². The van der Waals surface area contributed by atoms with Crippen molar-refractivity contribution in [3.63, 3.8) is 0 Å². The van der Waals surface area contributed by atoms with Gasteiger partial charge in [-0.2, -0.15) is 4.98 Å². The number of benzene rings is 2. The Morgan fingerprint density at radius 1 is 1.09 bits per heavy atom. The Bertz CT molecular complexity index is 1230. The minimum Gasteiger partial charge on any atom is -0.454 e. The molecule has 0 amide bonds. The van der Waals surface area contributed by atoms with E-state index in [1.165, 1.54) is 6.07 Å². The van der Waals surface area contributed by atoms with Crippen LogP contribution >= 0.6 is 0 Å². The van der Waals surface area contributed by atoms with Gasteiger partial charge in [0.15, 0.2) is 11.5 Å². The third kappa shape index (κ3) is 5.07. The van der Waals surface area contributed by atoms with E-state index < -0.39 is 0 Å². The summed E-state index contributed by atoms with van der Waals surface area (Å²) in [5.74, 6) is 3.10. The molecular formula is C25H30N6O4. The largest absolute Gasteiger partial charge is 0.454 e. The highest BCUT2D eigenvalue weighted by atomic mass is 16.7. The number of nitrogens with one attached hydrogen (secondary N) is 2. The van der Waals surface area contributed by atoms with Crippen LogP contribution < -0.4 is 25.0 Å². The first-order valence-electron chi connectivity index (χ1n) is 12.0. The van der Waals surface area contributed by atoms with Gasteiger partial charge in [-0.3, -0.25) is 10.1 Å². The van der Waals surface area contributed by atoms with Crippen LogP contribution in [-0.4, -0.2) is 48.4 Å². The van der Waals surface area contributed by atoms with Crippen LogP contribution in [-0.2, 0) is 6.54 Å². The molecule has 0 unspecified atom stereocenters. The van der Waals surface area contributed by atoms with Crippen LogP contribution in [0.1, 0.15) is 31.2 Å². The van der Waals surface area contributed by atoms with E-state index >= 15 is 0 Å². The van der Waals surface area contributed by atoms with Gasteiger partial charge in [-0.15, -0.1) is 0 Å². The minimum atomic E-state index is -0.369. The molecule has 0 saturated heterocycles. The maximum Gasteiger partial charge on any atom is 0.277 e. The lowest BCUT2D eigenvalue weighted by Crippen LogP contribution is -2.31. The average molecular weight is 479 g/mol. The molecule has 184 valence electrons. The number of rotatable bonds is 8. The van der Waals surface area contributed by atoms with Gasteiger partial charge in [0.25, 0.3) is 5.69 Å². The van der Waals surface area contributed by atoms with E-state index in [1.54, 1.807) is 6.07 Å². The number of fused-ring (bicyclic) bond motifs is 2. The van der Waals surface area contributed by atoms with Crippen molar-refractivity contribution in [3.05, 3.63) is 52.1 Å². The van der Waals surface area contributed by atoms with Gasteiger partial charge in [-0.25, -0.2) is 4.98 Å². The zero-order valence-electron chi connectivity index (χ0n) is 20.0. The second-order valence-electron chi connectivity index (χ2n) is 9.37. The van der Waals surface area contributed by atoms with Gasteiger partial charge in [0.2, 0.25) is 12.7 Å². The maximum atomic E-state index is 11.5. The monoisotopic (exact) mass is 478 g/mol. The van der Waals surface area contributed by atoms with E-state index in [4.69, 9.17) is 19.4 Å². The Morgan fingerprint density at radius 2 is 1.83 bits per heavy atom. The normalized spacial score (nSPS) is 19.0. The van der Waals surface area contributed by atoms with Crippen molar-refractivity contribution in [2.45, 2.75) is 38.3 Å². The standard InChI is InChI=1S/C25H30N6O4/c1-30(2)24-19-5-3-4-6-20(19)28-25(29-24)27-18-9-7-16(8-10-18)13-26-14-17-11-22-23(35-15-34-22)12-21(17)31(32)33/h3-6,11-12,16,18,26H,7-10,13-15H2,1-2H3,(H,27,28,29)/t16-,18+. The summed E-state index contributed by atoms with van der Waals surface area (Å²) in [6.45, 7) is 1.33. The summed E-state index contributed by atoms with van der Waals surface area (Å²) in [5.41, 5.74) is 1.60. The molecule has 2 heterocycles. The Balaban J connectivity index is 1.15. The second-order valence-corrected chi connectivity index (χ2v) is 9.37. The van der Waals surface area contributed by atoms with Gasteiger partial charge in [0.05, 0.1) is 16.5 Å². The van der Waals surface area contributed by atoms with Gasteiger partial charge in [0.1, 0.15) is 5.82 Å². The Kier molecular flexibility index (Phi) is 6.54. The van der Waals surface area contributed by atoms with Gasteiger partial charge >= 0.3 is 0 Å². The molecule has 0 bridgehead atoms. The van der Waals surface area contributed by atoms with Crippen molar-refractivity contribution in [1.82, 2.24) is 15.3 Å². The molecule has 1 fully saturated rings. The van der Waals surface area contributed by atoms with E-state index in [2.05, 4.69) is 10.6 Å². The predicted octanol–water partition coefficient (Wildman–Crippen LogP) is 4.09. The first kappa shape index (κ1) is 23.1. The molecule has 3 aromatic rings. The molecule has 2 N–H and O–H groups in total. The zero-order valence-corrected chi connectivity index (χ0v) is 20.0. The molecule has 1 aromatic heterocycles. The van der Waals surface area contributed by atoms with Crippen LogP contribution in [0, 0.1) is 16.0 Å². The van der Waals surface area contributed by atoms with Gasteiger partial charge in [-0.1, -0.05) is 12.1 Å². The molecule has 1 aliphatic carbocycles. The lowest BCUT2D eigenvalue weighted by molar-refractivity contribution is -0.385. The molecule has 1 aliphatic heterocycles. The summed E-state index contributed by atoms with van der Waals surface area (Å²) in [4.78, 5) is 22.6. The number of hydrogen-bond donors (Lipinski definition) is 2. The number of para-hydroxylation sites is 1.